The van der Waals surface area contributed by atoms with E-state index in [4.69, 9.17) is 4.74 Å². The molecule has 2 rings (SSSR count). The summed E-state index contributed by atoms with van der Waals surface area (Å²) in [4.78, 5) is 23.8. The second kappa shape index (κ2) is 5.74. The second-order valence-corrected chi connectivity index (χ2v) is 4.48. The summed E-state index contributed by atoms with van der Waals surface area (Å²) in [5, 5.41) is 0. The molecule has 2 aromatic rings. The van der Waals surface area contributed by atoms with Crippen LogP contribution in [0.15, 0.2) is 36.4 Å². The number of para-hydroxylation sites is 1. The maximum absolute atomic E-state index is 12.1. The Kier molecular flexibility index (Phi) is 4.03. The molecule has 0 aliphatic carbocycles. The van der Waals surface area contributed by atoms with Crippen LogP contribution >= 0.6 is 0 Å². The van der Waals surface area contributed by atoms with Crippen molar-refractivity contribution in [2.24, 2.45) is 0 Å². The fourth-order valence-corrected chi connectivity index (χ4v) is 2.23. The number of esters is 1. The molecule has 0 fully saturated rings. The molecule has 0 bridgehead atoms. The normalized spacial score (nSPS) is 10.3. The van der Waals surface area contributed by atoms with Gasteiger partial charge in [-0.3, -0.25) is 4.79 Å². The minimum absolute atomic E-state index is 0.0669. The van der Waals surface area contributed by atoms with E-state index in [0.717, 1.165) is 11.4 Å². The quantitative estimate of drug-likeness (QED) is 0.634. The van der Waals surface area contributed by atoms with Gasteiger partial charge in [0.25, 0.3) is 0 Å². The highest BCUT2D eigenvalue weighted by Crippen LogP contribution is 2.22. The average molecular weight is 271 g/mol. The molecule has 0 radical (unpaired) electrons. The predicted molar refractivity (Wildman–Crippen MR) is 76.5 cm³/mol. The molecule has 0 atom stereocenters. The van der Waals surface area contributed by atoms with Gasteiger partial charge < -0.3 is 9.30 Å². The van der Waals surface area contributed by atoms with Gasteiger partial charge in [-0.25, -0.2) is 4.79 Å². The smallest absolute Gasteiger partial charge is 0.355 e. The van der Waals surface area contributed by atoms with Crippen molar-refractivity contribution in [2.45, 2.75) is 20.8 Å². The molecule has 0 amide bonds. The van der Waals surface area contributed by atoms with Crippen molar-refractivity contribution in [1.82, 2.24) is 4.57 Å². The number of hydrogen-bond acceptors (Lipinski definition) is 3. The van der Waals surface area contributed by atoms with Gasteiger partial charge in [0, 0.05) is 16.9 Å². The van der Waals surface area contributed by atoms with E-state index in [0.29, 0.717) is 17.9 Å². The maximum Gasteiger partial charge on any atom is 0.355 e. The predicted octanol–water partition coefficient (Wildman–Crippen LogP) is 3.17. The molecule has 0 N–H and O–H groups in total. The largest absolute Gasteiger partial charge is 0.461 e. The molecular weight excluding hydrogens is 254 g/mol. The van der Waals surface area contributed by atoms with Gasteiger partial charge in [-0.15, -0.1) is 0 Å². The molecule has 4 heteroatoms. The van der Waals surface area contributed by atoms with Gasteiger partial charge in [0.1, 0.15) is 5.69 Å². The van der Waals surface area contributed by atoms with Crippen molar-refractivity contribution in [2.75, 3.05) is 6.61 Å². The van der Waals surface area contributed by atoms with Gasteiger partial charge in [-0.1, -0.05) is 18.2 Å². The number of carbonyl (C=O) groups excluding carboxylic acids is 2. The van der Waals surface area contributed by atoms with E-state index in [2.05, 4.69) is 0 Å². The van der Waals surface area contributed by atoms with Crippen molar-refractivity contribution < 1.29 is 14.3 Å². The molecular formula is C16H17NO3. The highest BCUT2D eigenvalue weighted by atomic mass is 16.5. The molecule has 1 aromatic carbocycles. The molecule has 1 heterocycles. The molecule has 0 aliphatic rings. The average Bonchev–Trinajstić information content (AvgIpc) is 2.78. The van der Waals surface area contributed by atoms with Crippen molar-refractivity contribution in [1.29, 1.82) is 0 Å². The van der Waals surface area contributed by atoms with Crippen LogP contribution in [0.2, 0.25) is 0 Å². The third kappa shape index (κ3) is 2.50. The van der Waals surface area contributed by atoms with Gasteiger partial charge >= 0.3 is 5.97 Å². The number of aromatic nitrogens is 1. The van der Waals surface area contributed by atoms with Crippen LogP contribution in [0.3, 0.4) is 0 Å². The lowest BCUT2D eigenvalue weighted by molar-refractivity contribution is 0.0517. The Hall–Kier alpha value is -2.36. The Labute approximate surface area is 118 Å². The molecule has 0 unspecified atom stereocenters. The zero-order valence-electron chi connectivity index (χ0n) is 11.8. The first kappa shape index (κ1) is 14.1. The number of ketones is 1. The molecule has 104 valence electrons. The molecule has 0 saturated carbocycles. The van der Waals surface area contributed by atoms with E-state index < -0.39 is 5.97 Å². The standard InChI is InChI=1S/C16H17NO3/c1-4-20-16(19)15-10-14(12(3)18)11(2)17(15)13-8-6-5-7-9-13/h5-10H,4H2,1-3H3. The lowest BCUT2D eigenvalue weighted by Gasteiger charge is -2.11. The summed E-state index contributed by atoms with van der Waals surface area (Å²) in [7, 11) is 0. The van der Waals surface area contributed by atoms with Crippen LogP contribution in [0.5, 0.6) is 0 Å². The molecule has 0 spiro atoms. The first-order valence-corrected chi connectivity index (χ1v) is 6.52. The summed E-state index contributed by atoms with van der Waals surface area (Å²) in [6.07, 6.45) is 0. The first-order valence-electron chi connectivity index (χ1n) is 6.52. The molecule has 4 nitrogen and oxygen atoms in total. The van der Waals surface area contributed by atoms with Gasteiger partial charge in [-0.05, 0) is 39.0 Å². The highest BCUT2D eigenvalue weighted by molar-refractivity contribution is 5.99. The van der Waals surface area contributed by atoms with E-state index in [1.165, 1.54) is 6.92 Å². The van der Waals surface area contributed by atoms with E-state index in [1.54, 1.807) is 17.6 Å². The Bertz CT molecular complexity index is 641. The lowest BCUT2D eigenvalue weighted by Crippen LogP contribution is -2.11. The van der Waals surface area contributed by atoms with Crippen LogP contribution < -0.4 is 0 Å². The molecule has 0 aliphatic heterocycles. The van der Waals surface area contributed by atoms with E-state index in [-0.39, 0.29) is 5.78 Å². The fourth-order valence-electron chi connectivity index (χ4n) is 2.23. The van der Waals surface area contributed by atoms with Gasteiger partial charge in [0.05, 0.1) is 6.61 Å². The van der Waals surface area contributed by atoms with Crippen LogP contribution in [0.25, 0.3) is 5.69 Å². The zero-order chi connectivity index (χ0) is 14.7. The van der Waals surface area contributed by atoms with Gasteiger partial charge in [-0.2, -0.15) is 0 Å². The van der Waals surface area contributed by atoms with Crippen molar-refractivity contribution in [3.05, 3.63) is 53.3 Å². The van der Waals surface area contributed by atoms with Crippen LogP contribution in [0, 0.1) is 6.92 Å². The number of Topliss-reactive ketones (excluding diaryl/α,β-unsaturated/α-hetero) is 1. The summed E-state index contributed by atoms with van der Waals surface area (Å²) >= 11 is 0. The van der Waals surface area contributed by atoms with Crippen molar-refractivity contribution in [3.8, 4) is 5.69 Å². The van der Waals surface area contributed by atoms with Crippen LogP contribution in [0.1, 0.15) is 40.4 Å². The summed E-state index contributed by atoms with van der Waals surface area (Å²) in [5.41, 5.74) is 2.49. The summed E-state index contributed by atoms with van der Waals surface area (Å²) < 4.78 is 6.83. The second-order valence-electron chi connectivity index (χ2n) is 4.48. The lowest BCUT2D eigenvalue weighted by atomic mass is 10.2. The Morgan fingerprint density at radius 2 is 1.85 bits per heavy atom. The number of nitrogens with zero attached hydrogens (tertiary/aromatic N) is 1. The number of carbonyl (C=O) groups is 2. The summed E-state index contributed by atoms with van der Waals surface area (Å²) in [6, 6.07) is 11.1. The first-order chi connectivity index (χ1) is 9.56. The number of ether oxygens (including phenoxy) is 1. The molecule has 20 heavy (non-hydrogen) atoms. The highest BCUT2D eigenvalue weighted by Gasteiger charge is 2.21. The van der Waals surface area contributed by atoms with E-state index >= 15 is 0 Å². The van der Waals surface area contributed by atoms with Crippen LogP contribution in [-0.4, -0.2) is 22.9 Å². The van der Waals surface area contributed by atoms with Gasteiger partial charge in [0.2, 0.25) is 0 Å². The number of rotatable bonds is 4. The van der Waals surface area contributed by atoms with Gasteiger partial charge in [0.15, 0.2) is 5.78 Å². The van der Waals surface area contributed by atoms with E-state index in [1.807, 2.05) is 37.3 Å². The topological polar surface area (TPSA) is 48.3 Å². The number of hydrogen-bond donors (Lipinski definition) is 0. The summed E-state index contributed by atoms with van der Waals surface area (Å²) in [6.45, 7) is 5.37. The Morgan fingerprint density at radius 3 is 2.40 bits per heavy atom. The zero-order valence-corrected chi connectivity index (χ0v) is 11.8. The fraction of sp³-hybridized carbons (Fsp3) is 0.250. The number of benzene rings is 1. The van der Waals surface area contributed by atoms with E-state index in [9.17, 15) is 9.59 Å². The maximum atomic E-state index is 12.1. The van der Waals surface area contributed by atoms with Crippen molar-refractivity contribution >= 4 is 11.8 Å². The Balaban J connectivity index is 2.64. The summed E-state index contributed by atoms with van der Waals surface area (Å²) in [5.74, 6) is -0.491. The van der Waals surface area contributed by atoms with Crippen LogP contribution in [-0.2, 0) is 4.74 Å². The minimum atomic E-state index is -0.424. The third-order valence-corrected chi connectivity index (χ3v) is 3.13. The minimum Gasteiger partial charge on any atom is -0.461 e. The SMILES string of the molecule is CCOC(=O)c1cc(C(C)=O)c(C)n1-c1ccccc1. The monoisotopic (exact) mass is 271 g/mol. The molecule has 1 aromatic heterocycles. The Morgan fingerprint density at radius 1 is 1.20 bits per heavy atom. The third-order valence-electron chi connectivity index (χ3n) is 3.13. The molecule has 0 saturated heterocycles. The van der Waals surface area contributed by atoms with Crippen molar-refractivity contribution in [3.63, 3.8) is 0 Å². The van der Waals surface area contributed by atoms with Crippen LogP contribution in [0.4, 0.5) is 0 Å².